The fraction of sp³-hybridized carbons (Fsp3) is 0.286. The lowest BCUT2D eigenvalue weighted by atomic mass is 10.1. The summed E-state index contributed by atoms with van der Waals surface area (Å²) in [7, 11) is -1.90. The Labute approximate surface area is 128 Å². The van der Waals surface area contributed by atoms with Gasteiger partial charge < -0.3 is 9.84 Å². The van der Waals surface area contributed by atoms with Crippen molar-refractivity contribution in [3.63, 3.8) is 0 Å². The van der Waals surface area contributed by atoms with Crippen molar-refractivity contribution >= 4 is 21.4 Å². The summed E-state index contributed by atoms with van der Waals surface area (Å²) in [6.07, 6.45) is 0.599. The number of rotatable bonds is 7. The van der Waals surface area contributed by atoms with E-state index in [1.807, 2.05) is 24.3 Å². The van der Waals surface area contributed by atoms with E-state index < -0.39 is 10.0 Å². The van der Waals surface area contributed by atoms with Gasteiger partial charge in [-0.05, 0) is 36.2 Å². The van der Waals surface area contributed by atoms with Crippen LogP contribution in [0, 0.1) is 0 Å². The minimum atomic E-state index is -3.50. The number of hydrogen-bond donors (Lipinski definition) is 2. The van der Waals surface area contributed by atoms with Gasteiger partial charge in [0, 0.05) is 11.4 Å². The van der Waals surface area contributed by atoms with Gasteiger partial charge >= 0.3 is 0 Å². The molecule has 0 saturated carbocycles. The normalized spacial score (nSPS) is 11.5. The van der Waals surface area contributed by atoms with Crippen molar-refractivity contribution in [2.24, 2.45) is 0 Å². The van der Waals surface area contributed by atoms with Crippen LogP contribution >= 0.6 is 11.3 Å². The third kappa shape index (κ3) is 4.28. The second-order valence-electron chi connectivity index (χ2n) is 4.37. The van der Waals surface area contributed by atoms with Crippen molar-refractivity contribution in [1.29, 1.82) is 0 Å². The summed E-state index contributed by atoms with van der Waals surface area (Å²) in [5, 5.41) is 8.97. The molecular formula is C14H17NO4S2. The standard InChI is InChI=1S/C14H17NO4S2/c1-19-12-4-2-11(3-5-12)8-9-15-21(17,18)14-7-6-13(10-16)20-14/h2-7,15-16H,8-10H2,1H3. The largest absolute Gasteiger partial charge is 0.497 e. The average Bonchev–Trinajstić information content (AvgIpc) is 2.98. The molecule has 0 bridgehead atoms. The molecule has 7 heteroatoms. The Balaban J connectivity index is 1.92. The van der Waals surface area contributed by atoms with E-state index in [1.54, 1.807) is 13.2 Å². The Morgan fingerprint density at radius 3 is 2.48 bits per heavy atom. The lowest BCUT2D eigenvalue weighted by molar-refractivity contribution is 0.285. The molecule has 5 nitrogen and oxygen atoms in total. The van der Waals surface area contributed by atoms with Crippen molar-refractivity contribution in [2.75, 3.05) is 13.7 Å². The van der Waals surface area contributed by atoms with Crippen LogP contribution in [0.5, 0.6) is 5.75 Å². The number of sulfonamides is 1. The zero-order chi connectivity index (χ0) is 15.3. The van der Waals surface area contributed by atoms with Crippen LogP contribution in [-0.4, -0.2) is 27.2 Å². The smallest absolute Gasteiger partial charge is 0.250 e. The summed E-state index contributed by atoms with van der Waals surface area (Å²) in [6, 6.07) is 10.6. The van der Waals surface area contributed by atoms with Crippen molar-refractivity contribution < 1.29 is 18.3 Å². The second kappa shape index (κ2) is 7.04. The lowest BCUT2D eigenvalue weighted by Gasteiger charge is -2.06. The van der Waals surface area contributed by atoms with Gasteiger partial charge in [0.1, 0.15) is 9.96 Å². The van der Waals surface area contributed by atoms with Crippen LogP contribution in [0.15, 0.2) is 40.6 Å². The number of ether oxygens (including phenoxy) is 1. The molecular weight excluding hydrogens is 310 g/mol. The van der Waals surface area contributed by atoms with Crippen LogP contribution < -0.4 is 9.46 Å². The third-order valence-electron chi connectivity index (χ3n) is 2.92. The molecule has 0 aliphatic heterocycles. The van der Waals surface area contributed by atoms with E-state index in [0.29, 0.717) is 17.8 Å². The van der Waals surface area contributed by atoms with Crippen molar-refractivity contribution in [3.8, 4) is 5.75 Å². The molecule has 1 heterocycles. The predicted octanol–water partition coefficient (Wildman–Crippen LogP) is 1.77. The molecule has 21 heavy (non-hydrogen) atoms. The molecule has 0 radical (unpaired) electrons. The molecule has 0 unspecified atom stereocenters. The number of aliphatic hydroxyl groups is 1. The molecule has 0 spiro atoms. The van der Waals surface area contributed by atoms with Crippen LogP contribution in [0.4, 0.5) is 0 Å². The molecule has 0 aliphatic carbocycles. The lowest BCUT2D eigenvalue weighted by Crippen LogP contribution is -2.25. The Kier molecular flexibility index (Phi) is 5.35. The van der Waals surface area contributed by atoms with Gasteiger partial charge in [-0.2, -0.15) is 0 Å². The number of benzene rings is 1. The predicted molar refractivity (Wildman–Crippen MR) is 82.1 cm³/mol. The molecule has 0 atom stereocenters. The topological polar surface area (TPSA) is 75.6 Å². The number of aliphatic hydroxyl groups excluding tert-OH is 1. The monoisotopic (exact) mass is 327 g/mol. The van der Waals surface area contributed by atoms with Crippen molar-refractivity contribution in [2.45, 2.75) is 17.2 Å². The van der Waals surface area contributed by atoms with Gasteiger partial charge in [0.15, 0.2) is 0 Å². The summed E-state index contributed by atoms with van der Waals surface area (Å²) in [4.78, 5) is 0.630. The van der Waals surface area contributed by atoms with Gasteiger partial charge in [-0.15, -0.1) is 11.3 Å². The highest BCUT2D eigenvalue weighted by atomic mass is 32.2. The first kappa shape index (κ1) is 16.0. The molecule has 2 aromatic rings. The van der Waals surface area contributed by atoms with Crippen LogP contribution in [0.2, 0.25) is 0 Å². The van der Waals surface area contributed by atoms with Gasteiger partial charge in [0.25, 0.3) is 0 Å². The molecule has 0 fully saturated rings. The minimum absolute atomic E-state index is 0.147. The van der Waals surface area contributed by atoms with Crippen molar-refractivity contribution in [1.82, 2.24) is 4.72 Å². The highest BCUT2D eigenvalue weighted by Gasteiger charge is 2.15. The Hall–Kier alpha value is -1.41. The molecule has 1 aromatic carbocycles. The van der Waals surface area contributed by atoms with Crippen LogP contribution in [0.25, 0.3) is 0 Å². The van der Waals surface area contributed by atoms with Gasteiger partial charge in [-0.25, -0.2) is 13.1 Å². The van der Waals surface area contributed by atoms with Crippen LogP contribution in [-0.2, 0) is 23.1 Å². The van der Waals surface area contributed by atoms with Crippen molar-refractivity contribution in [3.05, 3.63) is 46.8 Å². The molecule has 0 amide bonds. The second-order valence-corrected chi connectivity index (χ2v) is 7.54. The first-order chi connectivity index (χ1) is 10.0. The summed E-state index contributed by atoms with van der Waals surface area (Å²) >= 11 is 1.07. The maximum Gasteiger partial charge on any atom is 0.250 e. The number of thiophene rings is 1. The fourth-order valence-electron chi connectivity index (χ4n) is 1.78. The highest BCUT2D eigenvalue weighted by molar-refractivity contribution is 7.91. The summed E-state index contributed by atoms with van der Waals surface area (Å²) in [6.45, 7) is 0.174. The molecule has 114 valence electrons. The first-order valence-corrected chi connectivity index (χ1v) is 8.67. The van der Waals surface area contributed by atoms with E-state index in [2.05, 4.69) is 4.72 Å². The third-order valence-corrected chi connectivity index (χ3v) is 5.95. The summed E-state index contributed by atoms with van der Waals surface area (Å²) < 4.78 is 32.0. The van der Waals surface area contributed by atoms with Crippen LogP contribution in [0.1, 0.15) is 10.4 Å². The van der Waals surface area contributed by atoms with Gasteiger partial charge in [0.05, 0.1) is 13.7 Å². The summed E-state index contributed by atoms with van der Waals surface area (Å²) in [5.41, 5.74) is 1.03. The Bertz CT molecular complexity index is 677. The molecule has 1 aromatic heterocycles. The molecule has 0 aliphatic rings. The zero-order valence-electron chi connectivity index (χ0n) is 11.6. The first-order valence-electron chi connectivity index (χ1n) is 6.37. The Morgan fingerprint density at radius 2 is 1.90 bits per heavy atom. The molecule has 2 rings (SSSR count). The van der Waals surface area contributed by atoms with Crippen LogP contribution in [0.3, 0.4) is 0 Å². The number of nitrogens with one attached hydrogen (secondary N) is 1. The number of methoxy groups -OCH3 is 1. The van der Waals surface area contributed by atoms with E-state index >= 15 is 0 Å². The minimum Gasteiger partial charge on any atom is -0.497 e. The Morgan fingerprint density at radius 1 is 1.19 bits per heavy atom. The van der Waals surface area contributed by atoms with E-state index in [-0.39, 0.29) is 10.8 Å². The van der Waals surface area contributed by atoms with E-state index in [4.69, 9.17) is 9.84 Å². The molecule has 2 N–H and O–H groups in total. The number of hydrogen-bond acceptors (Lipinski definition) is 5. The average molecular weight is 327 g/mol. The molecule has 0 saturated heterocycles. The van der Waals surface area contributed by atoms with E-state index in [0.717, 1.165) is 22.6 Å². The maximum absolute atomic E-state index is 12.0. The fourth-order valence-corrected chi connectivity index (χ4v) is 4.07. The van der Waals surface area contributed by atoms with Gasteiger partial charge in [0.2, 0.25) is 10.0 Å². The SMILES string of the molecule is COc1ccc(CCNS(=O)(=O)c2ccc(CO)s2)cc1. The quantitative estimate of drug-likeness (QED) is 0.813. The maximum atomic E-state index is 12.0. The summed E-state index contributed by atoms with van der Waals surface area (Å²) in [5.74, 6) is 0.773. The van der Waals surface area contributed by atoms with Gasteiger partial charge in [-0.3, -0.25) is 0 Å². The zero-order valence-corrected chi connectivity index (χ0v) is 13.2. The van der Waals surface area contributed by atoms with Gasteiger partial charge in [-0.1, -0.05) is 12.1 Å². The highest BCUT2D eigenvalue weighted by Crippen LogP contribution is 2.21. The van der Waals surface area contributed by atoms with E-state index in [9.17, 15) is 8.42 Å². The van der Waals surface area contributed by atoms with E-state index in [1.165, 1.54) is 6.07 Å².